The van der Waals surface area contributed by atoms with Gasteiger partial charge in [-0.05, 0) is 73.1 Å². The fourth-order valence-electron chi connectivity index (χ4n) is 3.48. The molecule has 0 aliphatic heterocycles. The molecule has 1 unspecified atom stereocenters. The Morgan fingerprint density at radius 3 is 2.52 bits per heavy atom. The van der Waals surface area contributed by atoms with E-state index < -0.39 is 0 Å². The lowest BCUT2D eigenvalue weighted by Gasteiger charge is -2.27. The number of benzene rings is 2. The second kappa shape index (κ2) is 5.19. The number of fused-ring (bicyclic) bond motifs is 1. The molecule has 110 valence electrons. The van der Waals surface area contributed by atoms with E-state index in [1.165, 1.54) is 27.8 Å². The van der Waals surface area contributed by atoms with E-state index in [9.17, 15) is 0 Å². The molecule has 0 amide bonds. The van der Waals surface area contributed by atoms with Gasteiger partial charge in [0.05, 0.1) is 7.11 Å². The molecule has 0 radical (unpaired) electrons. The Morgan fingerprint density at radius 2 is 1.86 bits per heavy atom. The number of methoxy groups -OCH3 is 1. The van der Waals surface area contributed by atoms with E-state index in [0.717, 1.165) is 25.0 Å². The fourth-order valence-corrected chi connectivity index (χ4v) is 3.48. The van der Waals surface area contributed by atoms with Crippen LogP contribution in [-0.2, 0) is 18.4 Å². The third-order valence-corrected chi connectivity index (χ3v) is 4.83. The molecule has 3 rings (SSSR count). The highest BCUT2D eigenvalue weighted by Gasteiger charge is 2.36. The first-order valence-corrected chi connectivity index (χ1v) is 7.55. The normalized spacial score (nSPS) is 20.4. The van der Waals surface area contributed by atoms with Gasteiger partial charge in [-0.25, -0.2) is 0 Å². The summed E-state index contributed by atoms with van der Waals surface area (Å²) in [6.45, 7) is 4.35. The van der Waals surface area contributed by atoms with Crippen LogP contribution in [0.2, 0.25) is 0 Å². The molecule has 0 saturated carbocycles. The fraction of sp³-hybridized carbons (Fsp3) is 0.368. The molecule has 1 atom stereocenters. The van der Waals surface area contributed by atoms with Crippen molar-refractivity contribution in [1.82, 2.24) is 0 Å². The zero-order valence-corrected chi connectivity index (χ0v) is 13.1. The number of rotatable bonds is 3. The summed E-state index contributed by atoms with van der Waals surface area (Å²) in [6, 6.07) is 12.8. The molecule has 1 aliphatic rings. The zero-order chi connectivity index (χ0) is 15.0. The first-order chi connectivity index (χ1) is 10.0. The summed E-state index contributed by atoms with van der Waals surface area (Å²) < 4.78 is 5.37. The van der Waals surface area contributed by atoms with Crippen LogP contribution in [-0.4, -0.2) is 7.11 Å². The van der Waals surface area contributed by atoms with E-state index in [4.69, 9.17) is 10.5 Å². The SMILES string of the molecule is COc1ccc2c(c1)C(N)(Cc1c(C)cccc1C)CC2. The van der Waals surface area contributed by atoms with Crippen molar-refractivity contribution in [2.75, 3.05) is 7.11 Å². The second-order valence-electron chi connectivity index (χ2n) is 6.23. The molecule has 2 heteroatoms. The molecule has 2 aromatic rings. The van der Waals surface area contributed by atoms with Gasteiger partial charge in [-0.3, -0.25) is 0 Å². The van der Waals surface area contributed by atoms with Crippen LogP contribution >= 0.6 is 0 Å². The predicted molar refractivity (Wildman–Crippen MR) is 86.8 cm³/mol. The Kier molecular flexibility index (Phi) is 3.50. The summed E-state index contributed by atoms with van der Waals surface area (Å²) in [5.41, 5.74) is 13.2. The highest BCUT2D eigenvalue weighted by molar-refractivity contribution is 5.46. The first kappa shape index (κ1) is 14.2. The van der Waals surface area contributed by atoms with E-state index in [1.807, 2.05) is 6.07 Å². The van der Waals surface area contributed by atoms with Crippen LogP contribution in [0.3, 0.4) is 0 Å². The van der Waals surface area contributed by atoms with Gasteiger partial charge in [0.1, 0.15) is 5.75 Å². The minimum absolute atomic E-state index is 0.277. The summed E-state index contributed by atoms with van der Waals surface area (Å²) in [4.78, 5) is 0. The summed E-state index contributed by atoms with van der Waals surface area (Å²) in [7, 11) is 1.71. The molecule has 0 saturated heterocycles. The molecule has 0 aromatic heterocycles. The van der Waals surface area contributed by atoms with Gasteiger partial charge in [0.25, 0.3) is 0 Å². The molecule has 2 aromatic carbocycles. The van der Waals surface area contributed by atoms with Crippen LogP contribution in [0.4, 0.5) is 0 Å². The Balaban J connectivity index is 2.01. The van der Waals surface area contributed by atoms with Crippen LogP contribution in [0.25, 0.3) is 0 Å². The number of hydrogen-bond donors (Lipinski definition) is 1. The quantitative estimate of drug-likeness (QED) is 0.932. The lowest BCUT2D eigenvalue weighted by Crippen LogP contribution is -2.37. The van der Waals surface area contributed by atoms with Crippen LogP contribution < -0.4 is 10.5 Å². The molecular weight excluding hydrogens is 258 g/mol. The third-order valence-electron chi connectivity index (χ3n) is 4.83. The lowest BCUT2D eigenvalue weighted by molar-refractivity contribution is 0.407. The average molecular weight is 281 g/mol. The molecule has 0 bridgehead atoms. The lowest BCUT2D eigenvalue weighted by atomic mass is 9.83. The van der Waals surface area contributed by atoms with Crippen LogP contribution in [0.15, 0.2) is 36.4 Å². The van der Waals surface area contributed by atoms with Crippen molar-refractivity contribution in [3.8, 4) is 5.75 Å². The largest absolute Gasteiger partial charge is 0.497 e. The molecule has 1 aliphatic carbocycles. The van der Waals surface area contributed by atoms with E-state index in [1.54, 1.807) is 7.11 Å². The van der Waals surface area contributed by atoms with Crippen molar-refractivity contribution in [2.24, 2.45) is 5.73 Å². The first-order valence-electron chi connectivity index (χ1n) is 7.55. The highest BCUT2D eigenvalue weighted by Crippen LogP contribution is 2.40. The molecule has 2 N–H and O–H groups in total. The van der Waals surface area contributed by atoms with Gasteiger partial charge in [0.2, 0.25) is 0 Å². The van der Waals surface area contributed by atoms with E-state index in [0.29, 0.717) is 0 Å². The van der Waals surface area contributed by atoms with Gasteiger partial charge in [0.15, 0.2) is 0 Å². The van der Waals surface area contributed by atoms with Crippen molar-refractivity contribution in [3.05, 3.63) is 64.2 Å². The zero-order valence-electron chi connectivity index (χ0n) is 13.1. The smallest absolute Gasteiger partial charge is 0.119 e. The molecule has 0 heterocycles. The minimum atomic E-state index is -0.277. The summed E-state index contributed by atoms with van der Waals surface area (Å²) >= 11 is 0. The summed E-state index contributed by atoms with van der Waals surface area (Å²) in [5, 5.41) is 0. The molecular formula is C19H23NO. The van der Waals surface area contributed by atoms with Crippen molar-refractivity contribution < 1.29 is 4.74 Å². The van der Waals surface area contributed by atoms with Gasteiger partial charge in [-0.15, -0.1) is 0 Å². The van der Waals surface area contributed by atoms with Gasteiger partial charge in [-0.2, -0.15) is 0 Å². The molecule has 0 spiro atoms. The van der Waals surface area contributed by atoms with Gasteiger partial charge in [0, 0.05) is 5.54 Å². The molecule has 21 heavy (non-hydrogen) atoms. The van der Waals surface area contributed by atoms with Crippen molar-refractivity contribution in [2.45, 2.75) is 38.6 Å². The standard InChI is InChI=1S/C19H23NO/c1-13-5-4-6-14(2)17(13)12-19(20)10-9-15-7-8-16(21-3)11-18(15)19/h4-8,11H,9-10,12,20H2,1-3H3. The predicted octanol–water partition coefficient (Wildman–Crippen LogP) is 3.65. The maximum absolute atomic E-state index is 6.81. The third kappa shape index (κ3) is 2.44. The molecule has 2 nitrogen and oxygen atoms in total. The summed E-state index contributed by atoms with van der Waals surface area (Å²) in [5.74, 6) is 0.895. The minimum Gasteiger partial charge on any atom is -0.497 e. The van der Waals surface area contributed by atoms with Crippen molar-refractivity contribution in [1.29, 1.82) is 0 Å². The second-order valence-corrected chi connectivity index (χ2v) is 6.23. The van der Waals surface area contributed by atoms with Crippen LogP contribution in [0, 0.1) is 13.8 Å². The highest BCUT2D eigenvalue weighted by atomic mass is 16.5. The molecule has 0 fully saturated rings. The van der Waals surface area contributed by atoms with Crippen LogP contribution in [0.5, 0.6) is 5.75 Å². The Labute approximate surface area is 126 Å². The van der Waals surface area contributed by atoms with Gasteiger partial charge >= 0.3 is 0 Å². The van der Waals surface area contributed by atoms with Gasteiger partial charge in [-0.1, -0.05) is 24.3 Å². The van der Waals surface area contributed by atoms with Crippen molar-refractivity contribution >= 4 is 0 Å². The number of ether oxygens (including phenoxy) is 1. The Morgan fingerprint density at radius 1 is 1.14 bits per heavy atom. The Hall–Kier alpha value is -1.80. The van der Waals surface area contributed by atoms with Crippen molar-refractivity contribution in [3.63, 3.8) is 0 Å². The van der Waals surface area contributed by atoms with Crippen LogP contribution in [0.1, 0.15) is 34.2 Å². The van der Waals surface area contributed by atoms with E-state index >= 15 is 0 Å². The maximum Gasteiger partial charge on any atom is 0.119 e. The monoisotopic (exact) mass is 281 g/mol. The van der Waals surface area contributed by atoms with E-state index in [2.05, 4.69) is 44.2 Å². The van der Waals surface area contributed by atoms with Gasteiger partial charge < -0.3 is 10.5 Å². The maximum atomic E-state index is 6.81. The Bertz CT molecular complexity index is 657. The van der Waals surface area contributed by atoms with E-state index in [-0.39, 0.29) is 5.54 Å². The number of aryl methyl sites for hydroxylation is 3. The number of nitrogens with two attached hydrogens (primary N) is 1. The average Bonchev–Trinajstić information content (AvgIpc) is 2.80. The topological polar surface area (TPSA) is 35.2 Å². The number of hydrogen-bond acceptors (Lipinski definition) is 2. The summed E-state index contributed by atoms with van der Waals surface area (Å²) in [6.07, 6.45) is 2.95.